The summed E-state index contributed by atoms with van der Waals surface area (Å²) < 4.78 is 3.87. The van der Waals surface area contributed by atoms with Crippen molar-refractivity contribution in [2.24, 2.45) is 0 Å². The Hall–Kier alpha value is -2.88. The molecular weight excluding hydrogens is 322 g/mol. The topological polar surface area (TPSA) is 39.8 Å². The maximum absolute atomic E-state index is 13.6. The maximum atomic E-state index is 13.6. The van der Waals surface area contributed by atoms with Gasteiger partial charge >= 0.3 is 0 Å². The van der Waals surface area contributed by atoms with Crippen LogP contribution in [0.5, 0.6) is 0 Å². The predicted molar refractivity (Wildman–Crippen MR) is 106 cm³/mol. The van der Waals surface area contributed by atoms with Crippen LogP contribution in [0.3, 0.4) is 0 Å². The van der Waals surface area contributed by atoms with E-state index in [4.69, 9.17) is 0 Å². The van der Waals surface area contributed by atoms with E-state index in [1.807, 2.05) is 31.2 Å². The minimum absolute atomic E-state index is 0.00945. The molecule has 4 heteroatoms. The number of aryl methyl sites for hydroxylation is 4. The Bertz CT molecular complexity index is 1150. The van der Waals surface area contributed by atoms with Crippen LogP contribution < -0.4 is 0 Å². The Morgan fingerprint density at radius 2 is 1.81 bits per heavy atom. The molecule has 4 aromatic rings. The number of rotatable bonds is 3. The number of hydrogen-bond donors (Lipinski definition) is 0. The van der Waals surface area contributed by atoms with E-state index in [9.17, 15) is 4.79 Å². The van der Waals surface area contributed by atoms with Crippen molar-refractivity contribution in [3.8, 4) is 0 Å². The first-order valence-electron chi connectivity index (χ1n) is 9.17. The minimum Gasteiger partial charge on any atom is -0.337 e. The van der Waals surface area contributed by atoms with Crippen LogP contribution in [0.1, 0.15) is 41.3 Å². The first kappa shape index (κ1) is 16.6. The second-order valence-electron chi connectivity index (χ2n) is 6.71. The van der Waals surface area contributed by atoms with Gasteiger partial charge in [0.1, 0.15) is 11.5 Å². The van der Waals surface area contributed by atoms with Crippen molar-refractivity contribution in [2.75, 3.05) is 0 Å². The second kappa shape index (κ2) is 6.13. The van der Waals surface area contributed by atoms with E-state index in [2.05, 4.69) is 48.5 Å². The molecule has 0 unspecified atom stereocenters. The summed E-state index contributed by atoms with van der Waals surface area (Å²) in [4.78, 5) is 18.1. The average molecular weight is 345 g/mol. The van der Waals surface area contributed by atoms with Gasteiger partial charge in [0, 0.05) is 17.4 Å². The van der Waals surface area contributed by atoms with E-state index in [-0.39, 0.29) is 5.91 Å². The van der Waals surface area contributed by atoms with Gasteiger partial charge in [0.15, 0.2) is 0 Å². The smallest absolute Gasteiger partial charge is 0.280 e. The highest BCUT2D eigenvalue weighted by molar-refractivity contribution is 6.06. The lowest BCUT2D eigenvalue weighted by Gasteiger charge is -2.10. The van der Waals surface area contributed by atoms with Crippen LogP contribution in [-0.4, -0.2) is 20.0 Å². The van der Waals surface area contributed by atoms with Crippen LogP contribution in [0.15, 0.2) is 42.5 Å². The molecule has 2 aromatic carbocycles. The van der Waals surface area contributed by atoms with Gasteiger partial charge in [-0.3, -0.25) is 9.36 Å². The molecule has 4 rings (SSSR count). The van der Waals surface area contributed by atoms with Crippen LogP contribution in [-0.2, 0) is 13.0 Å². The quantitative estimate of drug-likeness (QED) is 0.531. The summed E-state index contributed by atoms with van der Waals surface area (Å²) in [6.07, 6.45) is 0.987. The van der Waals surface area contributed by atoms with Gasteiger partial charge < -0.3 is 4.57 Å². The molecule has 2 aromatic heterocycles. The summed E-state index contributed by atoms with van der Waals surface area (Å²) in [5.74, 6) is 0.711. The van der Waals surface area contributed by atoms with Crippen molar-refractivity contribution < 1.29 is 4.79 Å². The molecule has 26 heavy (non-hydrogen) atoms. The summed E-state index contributed by atoms with van der Waals surface area (Å²) in [7, 11) is 0. The standard InChI is InChI=1S/C22H23N3O/c1-5-16-11-12-19-17(13-16)14(3)21(24(19)6-2)22(26)25-15(4)23-18-9-7-8-10-20(18)25/h7-13H,5-6H2,1-4H3. The summed E-state index contributed by atoms with van der Waals surface area (Å²) in [5, 5.41) is 1.16. The van der Waals surface area contributed by atoms with Gasteiger partial charge in [-0.2, -0.15) is 0 Å². The van der Waals surface area contributed by atoms with Crippen LogP contribution in [0.2, 0.25) is 0 Å². The lowest BCUT2D eigenvalue weighted by atomic mass is 10.1. The molecule has 0 atom stereocenters. The minimum atomic E-state index is -0.00945. The van der Waals surface area contributed by atoms with Crippen LogP contribution in [0.4, 0.5) is 0 Å². The molecule has 132 valence electrons. The van der Waals surface area contributed by atoms with Crippen molar-refractivity contribution in [3.05, 3.63) is 65.1 Å². The highest BCUT2D eigenvalue weighted by Crippen LogP contribution is 2.29. The monoisotopic (exact) mass is 345 g/mol. The zero-order valence-corrected chi connectivity index (χ0v) is 15.7. The van der Waals surface area contributed by atoms with Crippen molar-refractivity contribution in [1.82, 2.24) is 14.1 Å². The SMILES string of the molecule is CCc1ccc2c(c1)c(C)c(C(=O)n1c(C)nc3ccccc31)n2CC. The third-order valence-electron chi connectivity index (χ3n) is 5.24. The summed E-state index contributed by atoms with van der Waals surface area (Å²) in [5.41, 5.74) is 5.91. The highest BCUT2D eigenvalue weighted by atomic mass is 16.2. The fourth-order valence-corrected chi connectivity index (χ4v) is 3.90. The average Bonchev–Trinajstić information content (AvgIpc) is 3.14. The molecule has 0 fully saturated rings. The van der Waals surface area contributed by atoms with E-state index in [1.54, 1.807) is 4.57 Å². The zero-order chi connectivity index (χ0) is 18.4. The predicted octanol–water partition coefficient (Wildman–Crippen LogP) is 4.88. The fourth-order valence-electron chi connectivity index (χ4n) is 3.90. The Labute approximate surface area is 153 Å². The van der Waals surface area contributed by atoms with Gasteiger partial charge in [-0.25, -0.2) is 4.98 Å². The van der Waals surface area contributed by atoms with Crippen molar-refractivity contribution in [3.63, 3.8) is 0 Å². The number of hydrogen-bond acceptors (Lipinski definition) is 2. The number of imidazole rings is 1. The van der Waals surface area contributed by atoms with Gasteiger partial charge in [-0.15, -0.1) is 0 Å². The van der Waals surface area contributed by atoms with E-state index >= 15 is 0 Å². The number of benzene rings is 2. The molecule has 0 aliphatic heterocycles. The van der Waals surface area contributed by atoms with Gasteiger partial charge in [-0.05, 0) is 62.6 Å². The largest absolute Gasteiger partial charge is 0.337 e. The Kier molecular flexibility index (Phi) is 3.91. The third-order valence-corrected chi connectivity index (χ3v) is 5.24. The summed E-state index contributed by atoms with van der Waals surface area (Å²) in [6, 6.07) is 14.3. The molecule has 0 saturated heterocycles. The molecule has 4 nitrogen and oxygen atoms in total. The Morgan fingerprint density at radius 1 is 1.04 bits per heavy atom. The molecule has 0 N–H and O–H groups in total. The van der Waals surface area contributed by atoms with E-state index < -0.39 is 0 Å². The van der Waals surface area contributed by atoms with Gasteiger partial charge in [0.05, 0.1) is 11.0 Å². The molecule has 0 amide bonds. The third kappa shape index (κ3) is 2.29. The van der Waals surface area contributed by atoms with Crippen molar-refractivity contribution in [2.45, 2.75) is 40.7 Å². The lowest BCUT2D eigenvalue weighted by molar-refractivity contribution is 0.0953. The zero-order valence-electron chi connectivity index (χ0n) is 15.7. The van der Waals surface area contributed by atoms with Gasteiger partial charge in [-0.1, -0.05) is 25.1 Å². The fraction of sp³-hybridized carbons (Fsp3) is 0.273. The Morgan fingerprint density at radius 3 is 2.54 bits per heavy atom. The lowest BCUT2D eigenvalue weighted by Crippen LogP contribution is -2.19. The number of carbonyl (C=O) groups is 1. The molecule has 0 spiro atoms. The van der Waals surface area contributed by atoms with Crippen LogP contribution >= 0.6 is 0 Å². The van der Waals surface area contributed by atoms with Crippen LogP contribution in [0.25, 0.3) is 21.9 Å². The first-order valence-corrected chi connectivity index (χ1v) is 9.17. The highest BCUT2D eigenvalue weighted by Gasteiger charge is 2.23. The number of carbonyl (C=O) groups excluding carboxylic acids is 1. The Balaban J connectivity index is 2.00. The molecule has 0 bridgehead atoms. The van der Waals surface area contributed by atoms with Crippen LogP contribution in [0, 0.1) is 13.8 Å². The van der Waals surface area contributed by atoms with E-state index in [1.165, 1.54) is 5.56 Å². The molecule has 2 heterocycles. The number of fused-ring (bicyclic) bond motifs is 2. The van der Waals surface area contributed by atoms with Gasteiger partial charge in [0.2, 0.25) is 0 Å². The maximum Gasteiger partial charge on any atom is 0.280 e. The van der Waals surface area contributed by atoms with E-state index in [0.717, 1.165) is 52.0 Å². The molecule has 0 radical (unpaired) electrons. The normalized spacial score (nSPS) is 11.5. The summed E-state index contributed by atoms with van der Waals surface area (Å²) >= 11 is 0. The molecular formula is C22H23N3O. The summed E-state index contributed by atoms with van der Waals surface area (Å²) in [6.45, 7) is 8.93. The van der Waals surface area contributed by atoms with E-state index in [0.29, 0.717) is 0 Å². The number of nitrogens with zero attached hydrogens (tertiary/aromatic N) is 3. The molecule has 0 saturated carbocycles. The number of aromatic nitrogens is 3. The van der Waals surface area contributed by atoms with Crippen molar-refractivity contribution >= 4 is 27.8 Å². The molecule has 0 aliphatic carbocycles. The molecule has 0 aliphatic rings. The van der Waals surface area contributed by atoms with Gasteiger partial charge in [0.25, 0.3) is 5.91 Å². The number of para-hydroxylation sites is 2. The van der Waals surface area contributed by atoms with Crippen molar-refractivity contribution in [1.29, 1.82) is 0 Å². The first-order chi connectivity index (χ1) is 12.6. The second-order valence-corrected chi connectivity index (χ2v) is 6.71.